The number of carbonyl (C=O) groups excluding carboxylic acids is 2. The quantitative estimate of drug-likeness (QED) is 0.506. The van der Waals surface area contributed by atoms with Crippen LogP contribution in [0.25, 0.3) is 10.9 Å². The molecule has 1 fully saturated rings. The highest BCUT2D eigenvalue weighted by molar-refractivity contribution is 7.90. The van der Waals surface area contributed by atoms with Gasteiger partial charge in [-0.1, -0.05) is 6.58 Å². The van der Waals surface area contributed by atoms with Crippen LogP contribution < -0.4 is 10.6 Å². The minimum absolute atomic E-state index is 0.0524. The molecule has 182 valence electrons. The molecule has 1 aromatic heterocycles. The number of rotatable bonds is 6. The van der Waals surface area contributed by atoms with E-state index in [1.54, 1.807) is 42.6 Å². The first-order valence-corrected chi connectivity index (χ1v) is 13.1. The van der Waals surface area contributed by atoms with Crippen LogP contribution in [0.1, 0.15) is 28.8 Å². The van der Waals surface area contributed by atoms with Crippen molar-refractivity contribution in [2.45, 2.75) is 30.7 Å². The summed E-state index contributed by atoms with van der Waals surface area (Å²) in [4.78, 5) is 35.4. The third-order valence-corrected chi connectivity index (χ3v) is 7.12. The average molecular weight is 494 g/mol. The second kappa shape index (κ2) is 9.83. The number of benzene rings is 2. The van der Waals surface area contributed by atoms with Crippen LogP contribution in [-0.2, 0) is 14.6 Å². The normalized spacial score (nSPS) is 14.5. The van der Waals surface area contributed by atoms with Crippen LogP contribution in [0.2, 0.25) is 0 Å². The topological polar surface area (TPSA) is 121 Å². The van der Waals surface area contributed by atoms with Gasteiger partial charge in [-0.15, -0.1) is 0 Å². The Labute approximate surface area is 204 Å². The van der Waals surface area contributed by atoms with Gasteiger partial charge in [-0.25, -0.2) is 18.4 Å². The summed E-state index contributed by atoms with van der Waals surface area (Å²) in [6.07, 6.45) is 5.48. The van der Waals surface area contributed by atoms with Crippen molar-refractivity contribution in [2.75, 3.05) is 30.0 Å². The third kappa shape index (κ3) is 5.65. The van der Waals surface area contributed by atoms with E-state index in [9.17, 15) is 18.0 Å². The Kier molecular flexibility index (Phi) is 6.83. The predicted octanol–water partition coefficient (Wildman–Crippen LogP) is 3.18. The fraction of sp³-hybridized carbons (Fsp3) is 0.280. The van der Waals surface area contributed by atoms with E-state index in [4.69, 9.17) is 0 Å². The van der Waals surface area contributed by atoms with Gasteiger partial charge >= 0.3 is 0 Å². The van der Waals surface area contributed by atoms with E-state index in [2.05, 4.69) is 27.2 Å². The molecular weight excluding hydrogens is 466 g/mol. The zero-order chi connectivity index (χ0) is 25.2. The van der Waals surface area contributed by atoms with Gasteiger partial charge in [0, 0.05) is 48.2 Å². The molecule has 2 heterocycles. The SMILES string of the molecule is C=CC(=O)Nc1ccc(C(=O)N2CCC(Nc3ncc4ccc(S(C)(=O)=O)cc4n3)CC2)cc1C. The first-order valence-electron chi connectivity index (χ1n) is 11.2. The maximum atomic E-state index is 13.0. The number of anilines is 2. The van der Waals surface area contributed by atoms with Crippen molar-refractivity contribution in [2.24, 2.45) is 0 Å². The van der Waals surface area contributed by atoms with Crippen molar-refractivity contribution in [1.29, 1.82) is 0 Å². The molecule has 35 heavy (non-hydrogen) atoms. The lowest BCUT2D eigenvalue weighted by atomic mass is 10.0. The fourth-order valence-corrected chi connectivity index (χ4v) is 4.66. The minimum Gasteiger partial charge on any atom is -0.351 e. The fourth-order valence-electron chi connectivity index (χ4n) is 4.02. The van der Waals surface area contributed by atoms with E-state index in [1.807, 2.05) is 11.8 Å². The number of nitrogens with zero attached hydrogens (tertiary/aromatic N) is 3. The molecule has 1 aliphatic heterocycles. The van der Waals surface area contributed by atoms with Crippen molar-refractivity contribution in [3.63, 3.8) is 0 Å². The number of likely N-dealkylation sites (tertiary alicyclic amines) is 1. The molecular formula is C25H27N5O4S. The molecule has 9 nitrogen and oxygen atoms in total. The molecule has 0 bridgehead atoms. The van der Waals surface area contributed by atoms with Crippen LogP contribution in [0.3, 0.4) is 0 Å². The molecule has 0 unspecified atom stereocenters. The molecule has 1 saturated heterocycles. The lowest BCUT2D eigenvalue weighted by Gasteiger charge is -2.32. The van der Waals surface area contributed by atoms with Gasteiger partial charge in [0.2, 0.25) is 11.9 Å². The van der Waals surface area contributed by atoms with Crippen molar-refractivity contribution >= 4 is 44.2 Å². The lowest BCUT2D eigenvalue weighted by Crippen LogP contribution is -2.42. The second-order valence-corrected chi connectivity index (χ2v) is 10.6. The van der Waals surface area contributed by atoms with Crippen molar-refractivity contribution in [3.8, 4) is 0 Å². The van der Waals surface area contributed by atoms with E-state index in [0.717, 1.165) is 23.8 Å². The summed E-state index contributed by atoms with van der Waals surface area (Å²) in [6.45, 7) is 6.44. The van der Waals surface area contributed by atoms with Crippen molar-refractivity contribution in [3.05, 3.63) is 66.4 Å². The van der Waals surface area contributed by atoms with Crippen molar-refractivity contribution < 1.29 is 18.0 Å². The smallest absolute Gasteiger partial charge is 0.253 e. The molecule has 0 atom stereocenters. The largest absolute Gasteiger partial charge is 0.351 e. The number of piperidine rings is 1. The van der Waals surface area contributed by atoms with Gasteiger partial charge < -0.3 is 15.5 Å². The molecule has 1 aliphatic rings. The van der Waals surface area contributed by atoms with E-state index < -0.39 is 9.84 Å². The molecule has 0 saturated carbocycles. The summed E-state index contributed by atoms with van der Waals surface area (Å²) in [7, 11) is -3.32. The average Bonchev–Trinajstić information content (AvgIpc) is 2.84. The number of hydrogen-bond donors (Lipinski definition) is 2. The number of sulfone groups is 1. The highest BCUT2D eigenvalue weighted by Crippen LogP contribution is 2.22. The monoisotopic (exact) mass is 493 g/mol. The number of hydrogen-bond acceptors (Lipinski definition) is 7. The molecule has 4 rings (SSSR count). The van der Waals surface area contributed by atoms with Gasteiger partial charge in [-0.05, 0) is 67.8 Å². The van der Waals surface area contributed by atoms with Crippen LogP contribution in [-0.4, -0.2) is 60.5 Å². The summed E-state index contributed by atoms with van der Waals surface area (Å²) in [5.41, 5.74) is 2.58. The van der Waals surface area contributed by atoms with Crippen LogP contribution in [0.5, 0.6) is 0 Å². The Morgan fingerprint density at radius 2 is 1.89 bits per heavy atom. The maximum Gasteiger partial charge on any atom is 0.253 e. The van der Waals surface area contributed by atoms with Gasteiger partial charge in [-0.3, -0.25) is 9.59 Å². The Morgan fingerprint density at radius 1 is 1.14 bits per heavy atom. The van der Waals surface area contributed by atoms with Gasteiger partial charge in [-0.2, -0.15) is 0 Å². The number of amides is 2. The number of aromatic nitrogens is 2. The first kappa shape index (κ1) is 24.3. The third-order valence-electron chi connectivity index (χ3n) is 6.01. The van der Waals surface area contributed by atoms with Gasteiger partial charge in [0.1, 0.15) is 0 Å². The summed E-state index contributed by atoms with van der Waals surface area (Å²) < 4.78 is 23.7. The van der Waals surface area contributed by atoms with Gasteiger partial charge in [0.05, 0.1) is 10.4 Å². The zero-order valence-electron chi connectivity index (χ0n) is 19.6. The van der Waals surface area contributed by atoms with Crippen LogP contribution in [0.15, 0.2) is 60.1 Å². The molecule has 2 aromatic carbocycles. The second-order valence-electron chi connectivity index (χ2n) is 8.62. The van der Waals surface area contributed by atoms with E-state index in [1.165, 1.54) is 12.3 Å². The summed E-state index contributed by atoms with van der Waals surface area (Å²) >= 11 is 0. The summed E-state index contributed by atoms with van der Waals surface area (Å²) in [5, 5.41) is 6.80. The van der Waals surface area contributed by atoms with Crippen LogP contribution in [0, 0.1) is 6.92 Å². The number of carbonyl (C=O) groups is 2. The number of aryl methyl sites for hydroxylation is 1. The van der Waals surface area contributed by atoms with Crippen molar-refractivity contribution in [1.82, 2.24) is 14.9 Å². The minimum atomic E-state index is -3.32. The molecule has 3 aromatic rings. The predicted molar refractivity (Wildman–Crippen MR) is 135 cm³/mol. The zero-order valence-corrected chi connectivity index (χ0v) is 20.4. The Hall–Kier alpha value is -3.79. The van der Waals surface area contributed by atoms with Gasteiger partial charge in [0.25, 0.3) is 5.91 Å². The Bertz CT molecular complexity index is 1410. The number of fused-ring (bicyclic) bond motifs is 1. The van der Waals surface area contributed by atoms with E-state index in [0.29, 0.717) is 35.8 Å². The standard InChI is InChI=1S/C25H27N5O4S/c1-4-23(31)28-21-8-6-17(13-16(21)2)24(32)30-11-9-19(10-12-30)27-25-26-15-18-5-7-20(35(3,33)34)14-22(18)29-25/h4-8,13-15,19H,1,9-12H2,2-3H3,(H,28,31)(H,26,27,29). The van der Waals surface area contributed by atoms with Crippen LogP contribution >= 0.6 is 0 Å². The molecule has 0 radical (unpaired) electrons. The Balaban J connectivity index is 1.38. The highest BCUT2D eigenvalue weighted by atomic mass is 32.2. The molecule has 0 aliphatic carbocycles. The maximum absolute atomic E-state index is 13.0. The van der Waals surface area contributed by atoms with E-state index >= 15 is 0 Å². The van der Waals surface area contributed by atoms with Crippen LogP contribution in [0.4, 0.5) is 11.6 Å². The summed E-state index contributed by atoms with van der Waals surface area (Å²) in [5.74, 6) is 0.0806. The highest BCUT2D eigenvalue weighted by Gasteiger charge is 2.24. The summed E-state index contributed by atoms with van der Waals surface area (Å²) in [6, 6.07) is 10.1. The Morgan fingerprint density at radius 3 is 2.54 bits per heavy atom. The molecule has 0 spiro atoms. The number of nitrogens with one attached hydrogen (secondary N) is 2. The van der Waals surface area contributed by atoms with E-state index in [-0.39, 0.29) is 22.8 Å². The molecule has 10 heteroatoms. The lowest BCUT2D eigenvalue weighted by molar-refractivity contribution is -0.111. The molecule has 2 amide bonds. The van der Waals surface area contributed by atoms with Gasteiger partial charge in [0.15, 0.2) is 9.84 Å². The first-order chi connectivity index (χ1) is 16.6. The molecule has 2 N–H and O–H groups in total.